The molecule has 0 aromatic heterocycles. The summed E-state index contributed by atoms with van der Waals surface area (Å²) in [6.07, 6.45) is 3.80. The van der Waals surface area contributed by atoms with Crippen LogP contribution in [0.15, 0.2) is 11.1 Å². The Balaban J connectivity index is 2.99. The molecule has 0 bridgehead atoms. The Morgan fingerprint density at radius 3 is 1.13 bits per heavy atom. The van der Waals surface area contributed by atoms with Gasteiger partial charge in [0.2, 0.25) is 0 Å². The maximum Gasteiger partial charge on any atom is -0.000797 e. The molecule has 1 aliphatic carbocycles. The summed E-state index contributed by atoms with van der Waals surface area (Å²) in [5.74, 6) is 1.06. The van der Waals surface area contributed by atoms with E-state index in [1.54, 1.807) is 11.1 Å². The summed E-state index contributed by atoms with van der Waals surface area (Å²) in [7, 11) is 0. The van der Waals surface area contributed by atoms with Gasteiger partial charge in [-0.05, 0) is 42.9 Å². The molecule has 0 aromatic carbocycles. The lowest BCUT2D eigenvalue weighted by Crippen LogP contribution is -2.24. The van der Waals surface area contributed by atoms with E-state index in [0.717, 1.165) is 0 Å². The maximum atomic E-state index is 3.80. The first-order chi connectivity index (χ1) is 6.55. The summed E-state index contributed by atoms with van der Waals surface area (Å²) < 4.78 is 0. The zero-order chi connectivity index (χ0) is 12.0. The van der Waals surface area contributed by atoms with Crippen LogP contribution in [-0.4, -0.2) is 0 Å². The monoisotopic (exact) mass is 206 g/mol. The fourth-order valence-electron chi connectivity index (χ4n) is 2.67. The summed E-state index contributed by atoms with van der Waals surface area (Å²) in [6, 6.07) is 0. The van der Waals surface area contributed by atoms with Crippen LogP contribution in [0.1, 0.15) is 55.4 Å². The SMILES string of the molecule is CC1=C(C)C(C(C)(C)C)[C]C1C(C)(C)C. The van der Waals surface area contributed by atoms with E-state index in [4.69, 9.17) is 0 Å². The smallest absolute Gasteiger partial charge is 0.000797 e. The van der Waals surface area contributed by atoms with E-state index in [9.17, 15) is 0 Å². The van der Waals surface area contributed by atoms with E-state index in [-0.39, 0.29) is 0 Å². The zero-order valence-electron chi connectivity index (χ0n) is 11.7. The molecule has 1 aliphatic rings. The van der Waals surface area contributed by atoms with Gasteiger partial charge in [0.25, 0.3) is 0 Å². The lowest BCUT2D eigenvalue weighted by atomic mass is 9.72. The van der Waals surface area contributed by atoms with Crippen molar-refractivity contribution >= 4 is 0 Å². The van der Waals surface area contributed by atoms with E-state index < -0.39 is 0 Å². The van der Waals surface area contributed by atoms with Crippen LogP contribution in [0.3, 0.4) is 0 Å². The lowest BCUT2D eigenvalue weighted by molar-refractivity contribution is 0.268. The van der Waals surface area contributed by atoms with Gasteiger partial charge in [-0.25, -0.2) is 0 Å². The summed E-state index contributed by atoms with van der Waals surface area (Å²) in [6.45, 7) is 18.4. The molecular weight excluding hydrogens is 180 g/mol. The highest BCUT2D eigenvalue weighted by Crippen LogP contribution is 2.50. The molecule has 0 fully saturated rings. The Bertz CT molecular complexity index is 239. The molecule has 0 saturated heterocycles. The van der Waals surface area contributed by atoms with Crippen molar-refractivity contribution in [3.05, 3.63) is 17.6 Å². The molecule has 2 unspecified atom stereocenters. The Morgan fingerprint density at radius 1 is 0.733 bits per heavy atom. The Morgan fingerprint density at radius 2 is 1.00 bits per heavy atom. The van der Waals surface area contributed by atoms with E-state index in [2.05, 4.69) is 61.8 Å². The van der Waals surface area contributed by atoms with E-state index in [1.807, 2.05) is 0 Å². The van der Waals surface area contributed by atoms with Gasteiger partial charge in [-0.2, -0.15) is 0 Å². The molecule has 15 heavy (non-hydrogen) atoms. The fraction of sp³-hybridized carbons (Fsp3) is 0.800. The first-order valence-corrected chi connectivity index (χ1v) is 5.98. The third kappa shape index (κ3) is 2.46. The van der Waals surface area contributed by atoms with Crippen LogP contribution >= 0.6 is 0 Å². The molecule has 1 rings (SSSR count). The molecule has 0 N–H and O–H groups in total. The number of allylic oxidation sites excluding steroid dienone is 2. The van der Waals surface area contributed by atoms with Gasteiger partial charge < -0.3 is 0 Å². The maximum absolute atomic E-state index is 3.80. The molecule has 86 valence electrons. The number of hydrogen-bond acceptors (Lipinski definition) is 0. The van der Waals surface area contributed by atoms with Crippen molar-refractivity contribution in [2.24, 2.45) is 22.7 Å². The molecule has 0 heterocycles. The predicted molar refractivity (Wildman–Crippen MR) is 67.5 cm³/mol. The zero-order valence-corrected chi connectivity index (χ0v) is 11.7. The van der Waals surface area contributed by atoms with Crippen molar-refractivity contribution in [1.82, 2.24) is 0 Å². The van der Waals surface area contributed by atoms with Crippen molar-refractivity contribution in [2.45, 2.75) is 55.4 Å². The van der Waals surface area contributed by atoms with Gasteiger partial charge in [0.1, 0.15) is 0 Å². The third-order valence-corrected chi connectivity index (χ3v) is 3.55. The van der Waals surface area contributed by atoms with Gasteiger partial charge in [0.15, 0.2) is 0 Å². The molecule has 0 aromatic rings. The van der Waals surface area contributed by atoms with E-state index >= 15 is 0 Å². The number of hydrogen-bond donors (Lipinski definition) is 0. The van der Waals surface area contributed by atoms with Crippen LogP contribution in [0.2, 0.25) is 0 Å². The molecule has 2 atom stereocenters. The van der Waals surface area contributed by atoms with Crippen LogP contribution in [-0.2, 0) is 0 Å². The highest BCUT2D eigenvalue weighted by molar-refractivity contribution is 5.32. The standard InChI is InChI=1S/C15H26/c1-10-11(2)13(15(6,7)8)9-12(10)14(3,4)5/h12-13H,1-8H3. The van der Waals surface area contributed by atoms with Gasteiger partial charge in [-0.1, -0.05) is 52.7 Å². The van der Waals surface area contributed by atoms with Crippen LogP contribution in [0, 0.1) is 29.1 Å². The summed E-state index contributed by atoms with van der Waals surface area (Å²) in [5.41, 5.74) is 3.71. The molecule has 0 nitrogen and oxygen atoms in total. The topological polar surface area (TPSA) is 0 Å². The quantitative estimate of drug-likeness (QED) is 0.502. The largest absolute Gasteiger partial charge is 0.0698 e. The van der Waals surface area contributed by atoms with Crippen LogP contribution in [0.5, 0.6) is 0 Å². The highest BCUT2D eigenvalue weighted by Gasteiger charge is 2.41. The molecule has 2 radical (unpaired) electrons. The van der Waals surface area contributed by atoms with Crippen molar-refractivity contribution in [1.29, 1.82) is 0 Å². The first-order valence-electron chi connectivity index (χ1n) is 5.98. The van der Waals surface area contributed by atoms with Gasteiger partial charge in [0.05, 0.1) is 0 Å². The second-order valence-electron chi connectivity index (χ2n) is 7.13. The van der Waals surface area contributed by atoms with Crippen molar-refractivity contribution in [3.63, 3.8) is 0 Å². The average Bonchev–Trinajstić information content (AvgIpc) is 2.26. The molecule has 0 saturated carbocycles. The second-order valence-corrected chi connectivity index (χ2v) is 7.13. The minimum atomic E-state index is 0.311. The van der Waals surface area contributed by atoms with E-state index in [1.165, 1.54) is 0 Å². The van der Waals surface area contributed by atoms with Crippen LogP contribution in [0.25, 0.3) is 0 Å². The molecule has 0 spiro atoms. The Hall–Kier alpha value is -0.260. The molecule has 0 aliphatic heterocycles. The summed E-state index contributed by atoms with van der Waals surface area (Å²) in [4.78, 5) is 0. The average molecular weight is 206 g/mol. The lowest BCUT2D eigenvalue weighted by Gasteiger charge is -2.31. The highest BCUT2D eigenvalue weighted by atomic mass is 14.4. The van der Waals surface area contributed by atoms with E-state index in [0.29, 0.717) is 22.7 Å². The fourth-order valence-corrected chi connectivity index (χ4v) is 2.67. The Kier molecular flexibility index (Phi) is 3.11. The second kappa shape index (κ2) is 3.64. The van der Waals surface area contributed by atoms with Crippen molar-refractivity contribution in [3.8, 4) is 0 Å². The Labute approximate surface area is 96.2 Å². The van der Waals surface area contributed by atoms with Gasteiger partial charge in [-0.15, -0.1) is 0 Å². The minimum absolute atomic E-state index is 0.311. The van der Waals surface area contributed by atoms with Crippen LogP contribution < -0.4 is 0 Å². The predicted octanol–water partition coefficient (Wildman–Crippen LogP) is 4.74. The van der Waals surface area contributed by atoms with Crippen molar-refractivity contribution < 1.29 is 0 Å². The third-order valence-electron chi connectivity index (χ3n) is 3.55. The molecule has 0 amide bonds. The van der Waals surface area contributed by atoms with Gasteiger partial charge >= 0.3 is 0 Å². The van der Waals surface area contributed by atoms with Crippen LogP contribution in [0.4, 0.5) is 0 Å². The molecular formula is C15H26. The van der Waals surface area contributed by atoms with Crippen molar-refractivity contribution in [2.75, 3.05) is 0 Å². The minimum Gasteiger partial charge on any atom is -0.0698 e. The summed E-state index contributed by atoms with van der Waals surface area (Å²) >= 11 is 0. The molecule has 0 heteroatoms. The summed E-state index contributed by atoms with van der Waals surface area (Å²) in [5, 5.41) is 0. The number of rotatable bonds is 0. The van der Waals surface area contributed by atoms with Gasteiger partial charge in [-0.3, -0.25) is 0 Å². The first kappa shape index (κ1) is 12.8. The van der Waals surface area contributed by atoms with Gasteiger partial charge in [0, 0.05) is 0 Å². The normalized spacial score (nSPS) is 28.8.